The number of thioether (sulfide) groups is 2. The van der Waals surface area contributed by atoms with E-state index in [1.165, 1.54) is 22.7 Å². The SMILES string of the molecule is C=CCSCC(NC(=O)C(NC(=O)CNC(=O)C(CCSC)NC(=O)C(CCCNC(=N)N)NC(=O)C(Cc1ccccc1)NC(=O)C1CCCN1C(=O)C(C)NC)C(C)CC)C(=O)NC(C(=O)NC(C(=O)NC(CC(N)=O)C(N)=O)C(C)O)C(C)O. The molecule has 0 aliphatic carbocycles. The van der Waals surface area contributed by atoms with E-state index < -0.39 is 156 Å². The standard InChI is InChI=1S/C55H90N16O14S2/c1-9-23-87-28-38(49(80)69-44(32(6)73)53(84)70-43(31(5)72)52(83)65-36(45(57)76)26-40(56)74)67-51(82)42(29(3)10-2)68-41(75)27-62-46(77)35(20-24-86-8)64-47(78)34(18-14-21-61-55(58)59)63-48(79)37(25-33-16-12-11-13-17-33)66-50(81)39-19-15-22-71(39)54(85)30(4)60-7/h9,11-13,16-17,29-32,34-39,42-44,60,72-73H,1,10,14-15,18-28H2,2-8H3,(H2,56,74)(H2,57,76)(H,62,77)(H,63,79)(H,64,78)(H,65,83)(H,66,81)(H,67,82)(H,68,75)(H,69,80)(H,70,84)(H4,58,59,61). The van der Waals surface area contributed by atoms with Gasteiger partial charge in [-0.05, 0) is 83.4 Å². The van der Waals surface area contributed by atoms with Crippen LogP contribution in [0.4, 0.5) is 0 Å². The Kier molecular flexibility index (Phi) is 34.1. The molecule has 1 aliphatic heterocycles. The molecule has 486 valence electrons. The Morgan fingerprint density at radius 1 is 0.713 bits per heavy atom. The Bertz CT molecular complexity index is 2530. The second-order valence-electron chi connectivity index (χ2n) is 21.0. The lowest BCUT2D eigenvalue weighted by atomic mass is 9.98. The number of rotatable bonds is 40. The summed E-state index contributed by atoms with van der Waals surface area (Å²) in [5.74, 6) is -10.8. The predicted octanol–water partition coefficient (Wildman–Crippen LogP) is -5.07. The summed E-state index contributed by atoms with van der Waals surface area (Å²) in [5, 5.41) is 56.8. The lowest BCUT2D eigenvalue weighted by molar-refractivity contribution is -0.140. The Morgan fingerprint density at radius 2 is 1.26 bits per heavy atom. The molecule has 0 bridgehead atoms. The molecule has 12 amide bonds. The topological polar surface area (TPSA) is 483 Å². The van der Waals surface area contributed by atoms with Crippen LogP contribution in [-0.2, 0) is 64.0 Å². The number of aliphatic hydroxyl groups excluding tert-OH is 2. The number of likely N-dealkylation sites (tertiary alicyclic amines) is 1. The second-order valence-corrected chi connectivity index (χ2v) is 23.0. The van der Waals surface area contributed by atoms with Crippen LogP contribution in [0.3, 0.4) is 0 Å². The fourth-order valence-corrected chi connectivity index (χ4v) is 10.0. The summed E-state index contributed by atoms with van der Waals surface area (Å²) < 4.78 is 0. The van der Waals surface area contributed by atoms with E-state index in [0.29, 0.717) is 42.9 Å². The number of hydrogen-bond donors (Lipinski definition) is 17. The first-order chi connectivity index (χ1) is 41.1. The molecule has 1 fully saturated rings. The maximum Gasteiger partial charge on any atom is 0.245 e. The molecule has 1 aliphatic rings. The van der Waals surface area contributed by atoms with Gasteiger partial charge in [0.15, 0.2) is 5.96 Å². The van der Waals surface area contributed by atoms with Gasteiger partial charge < -0.3 is 90.8 Å². The zero-order chi connectivity index (χ0) is 65.5. The Morgan fingerprint density at radius 3 is 1.82 bits per heavy atom. The van der Waals surface area contributed by atoms with Crippen molar-refractivity contribution in [2.45, 2.75) is 159 Å². The van der Waals surface area contributed by atoms with Crippen molar-refractivity contribution >= 4 is 100 Å². The van der Waals surface area contributed by atoms with Gasteiger partial charge in [0.05, 0.1) is 31.2 Å². The quantitative estimate of drug-likeness (QED) is 0.0127. The smallest absolute Gasteiger partial charge is 0.245 e. The fraction of sp³-hybridized carbons (Fsp3) is 0.618. The largest absolute Gasteiger partial charge is 0.391 e. The van der Waals surface area contributed by atoms with Gasteiger partial charge in [0, 0.05) is 31.0 Å². The number of amides is 12. The number of likely N-dealkylation sites (N-methyl/N-ethyl adjacent to an activating group) is 1. The van der Waals surface area contributed by atoms with Crippen molar-refractivity contribution in [3.8, 4) is 0 Å². The third-order valence-electron chi connectivity index (χ3n) is 14.0. The van der Waals surface area contributed by atoms with Crippen LogP contribution in [0.2, 0.25) is 0 Å². The highest BCUT2D eigenvalue weighted by Crippen LogP contribution is 2.20. The third-order valence-corrected chi connectivity index (χ3v) is 15.7. The molecule has 13 unspecified atom stereocenters. The van der Waals surface area contributed by atoms with E-state index in [2.05, 4.69) is 65.1 Å². The number of nitrogens with zero attached hydrogens (tertiary/aromatic N) is 1. The van der Waals surface area contributed by atoms with E-state index in [1.54, 1.807) is 64.4 Å². The van der Waals surface area contributed by atoms with Gasteiger partial charge in [-0.25, -0.2) is 0 Å². The van der Waals surface area contributed by atoms with Gasteiger partial charge in [-0.1, -0.05) is 56.7 Å². The minimum atomic E-state index is -1.82. The minimum absolute atomic E-state index is 0.00544. The van der Waals surface area contributed by atoms with Gasteiger partial charge in [0.25, 0.3) is 0 Å². The number of benzene rings is 1. The first-order valence-electron chi connectivity index (χ1n) is 28.5. The van der Waals surface area contributed by atoms with E-state index in [9.17, 15) is 67.7 Å². The number of nitrogens with two attached hydrogens (primary N) is 3. The van der Waals surface area contributed by atoms with Gasteiger partial charge in [0.2, 0.25) is 70.9 Å². The molecule has 1 aromatic rings. The summed E-state index contributed by atoms with van der Waals surface area (Å²) in [4.78, 5) is 163. The normalized spacial score (nSPS) is 16.9. The van der Waals surface area contributed by atoms with Crippen molar-refractivity contribution in [3.63, 3.8) is 0 Å². The fourth-order valence-electron chi connectivity index (χ4n) is 8.77. The van der Waals surface area contributed by atoms with Crippen molar-refractivity contribution in [1.82, 2.24) is 63.4 Å². The van der Waals surface area contributed by atoms with Gasteiger partial charge in [-0.15, -0.1) is 6.58 Å². The average molecular weight is 1260 g/mol. The van der Waals surface area contributed by atoms with E-state index in [0.717, 1.165) is 25.6 Å². The second kappa shape index (κ2) is 39.3. The lowest BCUT2D eigenvalue weighted by Gasteiger charge is -2.29. The number of primary amides is 2. The van der Waals surface area contributed by atoms with Crippen molar-refractivity contribution in [2.24, 2.45) is 23.1 Å². The summed E-state index contributed by atoms with van der Waals surface area (Å²) in [6.07, 6.45) is 0.764. The van der Waals surface area contributed by atoms with Gasteiger partial charge in [-0.3, -0.25) is 62.9 Å². The summed E-state index contributed by atoms with van der Waals surface area (Å²) in [7, 11) is 1.63. The average Bonchev–Trinajstić information content (AvgIpc) is 3.01. The molecule has 87 heavy (non-hydrogen) atoms. The molecule has 32 heteroatoms. The number of carbonyl (C=O) groups excluding carboxylic acids is 12. The van der Waals surface area contributed by atoms with Crippen LogP contribution in [0.5, 0.6) is 0 Å². The van der Waals surface area contributed by atoms with Gasteiger partial charge in [0.1, 0.15) is 54.4 Å². The summed E-state index contributed by atoms with van der Waals surface area (Å²) in [5.41, 5.74) is 16.6. The molecule has 1 heterocycles. The lowest BCUT2D eigenvalue weighted by Crippen LogP contribution is -2.63. The first-order valence-corrected chi connectivity index (χ1v) is 31.1. The molecule has 0 aromatic heterocycles. The van der Waals surface area contributed by atoms with E-state index in [1.807, 2.05) is 0 Å². The molecule has 30 nitrogen and oxygen atoms in total. The summed E-state index contributed by atoms with van der Waals surface area (Å²) in [6, 6.07) is -4.43. The number of nitrogens with one attached hydrogen (secondary N) is 12. The van der Waals surface area contributed by atoms with Crippen LogP contribution in [0, 0.1) is 11.3 Å². The van der Waals surface area contributed by atoms with E-state index in [4.69, 9.17) is 22.6 Å². The van der Waals surface area contributed by atoms with Crippen LogP contribution in [-0.4, -0.2) is 215 Å². The van der Waals surface area contributed by atoms with Crippen molar-refractivity contribution < 1.29 is 67.7 Å². The van der Waals surface area contributed by atoms with Gasteiger partial charge in [-0.2, -0.15) is 23.5 Å². The number of guanidine groups is 1. The predicted molar refractivity (Wildman–Crippen MR) is 327 cm³/mol. The van der Waals surface area contributed by atoms with Crippen LogP contribution in [0.25, 0.3) is 0 Å². The number of aliphatic hydroxyl groups is 2. The zero-order valence-corrected chi connectivity index (χ0v) is 52.0. The van der Waals surface area contributed by atoms with Crippen LogP contribution >= 0.6 is 23.5 Å². The Balaban J connectivity index is 2.35. The number of carbonyl (C=O) groups is 12. The molecular weight excluding hydrogens is 1170 g/mol. The number of hydrogen-bond acceptors (Lipinski definition) is 18. The molecule has 2 rings (SSSR count). The van der Waals surface area contributed by atoms with Crippen molar-refractivity contribution in [3.05, 3.63) is 48.6 Å². The molecule has 0 saturated carbocycles. The highest BCUT2D eigenvalue weighted by Gasteiger charge is 2.40. The highest BCUT2D eigenvalue weighted by atomic mass is 32.2. The van der Waals surface area contributed by atoms with Crippen molar-refractivity contribution in [1.29, 1.82) is 5.41 Å². The van der Waals surface area contributed by atoms with Crippen LogP contribution in [0.15, 0.2) is 43.0 Å². The van der Waals surface area contributed by atoms with Crippen molar-refractivity contribution in [2.75, 3.05) is 50.2 Å². The maximum absolute atomic E-state index is 14.4. The minimum Gasteiger partial charge on any atom is -0.391 e. The summed E-state index contributed by atoms with van der Waals surface area (Å²) >= 11 is 2.50. The third kappa shape index (κ3) is 26.5. The maximum atomic E-state index is 14.4. The molecule has 20 N–H and O–H groups in total. The summed E-state index contributed by atoms with van der Waals surface area (Å²) in [6.45, 7) is 10.7. The van der Waals surface area contributed by atoms with Crippen LogP contribution in [0.1, 0.15) is 85.1 Å². The molecule has 13 atom stereocenters. The first kappa shape index (κ1) is 75.5. The Hall–Kier alpha value is -7.55. The monoisotopic (exact) mass is 1260 g/mol. The highest BCUT2D eigenvalue weighted by molar-refractivity contribution is 7.99. The van der Waals surface area contributed by atoms with Gasteiger partial charge >= 0.3 is 0 Å². The Labute approximate surface area is 515 Å². The molecule has 1 saturated heterocycles. The van der Waals surface area contributed by atoms with E-state index >= 15 is 0 Å². The molecule has 1 aromatic carbocycles. The molecule has 0 radical (unpaired) electrons. The zero-order valence-electron chi connectivity index (χ0n) is 50.4. The van der Waals surface area contributed by atoms with E-state index in [-0.39, 0.29) is 49.8 Å². The van der Waals surface area contributed by atoms with Crippen LogP contribution < -0.4 is 75.7 Å². The molecular formula is C55H90N16O14S2. The molecule has 0 spiro atoms.